The SMILES string of the molecule is COCCCOc1c(OC)ccc(C(=O)N(C(C)C)[C@@H]2CC[C@H](CCNC3(C(=O)Cc4ccccc4Cl)CC3)NC2)c1OC(=O)C(F)(F)F. The highest BCUT2D eigenvalue weighted by Crippen LogP contribution is 2.42. The van der Waals surface area contributed by atoms with Gasteiger partial charge < -0.3 is 34.5 Å². The highest BCUT2D eigenvalue weighted by atomic mass is 35.5. The van der Waals surface area contributed by atoms with Gasteiger partial charge in [0.15, 0.2) is 17.3 Å². The number of nitrogens with one attached hydrogen (secondary N) is 2. The summed E-state index contributed by atoms with van der Waals surface area (Å²) >= 11 is 6.26. The molecule has 49 heavy (non-hydrogen) atoms. The van der Waals surface area contributed by atoms with Gasteiger partial charge in [-0.05, 0) is 76.3 Å². The second kappa shape index (κ2) is 17.0. The van der Waals surface area contributed by atoms with Crippen LogP contribution < -0.4 is 24.8 Å². The average Bonchev–Trinajstić information content (AvgIpc) is 3.85. The van der Waals surface area contributed by atoms with Crippen molar-refractivity contribution in [3.05, 3.63) is 52.5 Å². The van der Waals surface area contributed by atoms with E-state index in [0.717, 1.165) is 31.2 Å². The summed E-state index contributed by atoms with van der Waals surface area (Å²) in [6, 6.07) is 9.54. The molecule has 1 aliphatic heterocycles. The van der Waals surface area contributed by atoms with Crippen LogP contribution in [0.5, 0.6) is 17.2 Å². The molecule has 1 heterocycles. The van der Waals surface area contributed by atoms with Gasteiger partial charge in [-0.1, -0.05) is 29.8 Å². The maximum atomic E-state index is 14.1. The summed E-state index contributed by atoms with van der Waals surface area (Å²) < 4.78 is 60.9. The molecule has 2 aliphatic rings. The number of esters is 1. The summed E-state index contributed by atoms with van der Waals surface area (Å²) in [7, 11) is 2.78. The number of nitrogens with zero attached hydrogens (tertiary/aromatic N) is 1. The summed E-state index contributed by atoms with van der Waals surface area (Å²) in [5.74, 6) is -3.89. The van der Waals surface area contributed by atoms with Crippen molar-refractivity contribution in [1.82, 2.24) is 15.5 Å². The Balaban J connectivity index is 1.42. The van der Waals surface area contributed by atoms with Crippen molar-refractivity contribution in [1.29, 1.82) is 0 Å². The number of ketones is 1. The third-order valence-electron chi connectivity index (χ3n) is 8.92. The number of benzene rings is 2. The fourth-order valence-electron chi connectivity index (χ4n) is 6.13. The number of Topliss-reactive ketones (excluding diaryl/α,β-unsaturated/α-hetero) is 1. The highest BCUT2D eigenvalue weighted by Gasteiger charge is 2.48. The van der Waals surface area contributed by atoms with Crippen molar-refractivity contribution in [2.45, 2.75) is 88.6 Å². The molecule has 270 valence electrons. The van der Waals surface area contributed by atoms with Crippen LogP contribution in [-0.4, -0.2) is 92.9 Å². The Labute approximate surface area is 289 Å². The molecule has 0 radical (unpaired) electrons. The molecular weight excluding hydrogens is 667 g/mol. The van der Waals surface area contributed by atoms with Gasteiger partial charge in [-0.15, -0.1) is 0 Å². The Morgan fingerprint density at radius 3 is 2.39 bits per heavy atom. The number of halogens is 4. The third kappa shape index (κ3) is 9.87. The zero-order chi connectivity index (χ0) is 35.8. The number of methoxy groups -OCH3 is 2. The van der Waals surface area contributed by atoms with E-state index in [2.05, 4.69) is 10.6 Å². The first-order valence-electron chi connectivity index (χ1n) is 16.5. The van der Waals surface area contributed by atoms with Gasteiger partial charge in [0.1, 0.15) is 0 Å². The molecule has 2 aromatic rings. The number of piperidine rings is 1. The lowest BCUT2D eigenvalue weighted by Crippen LogP contribution is -2.54. The second-order valence-electron chi connectivity index (χ2n) is 12.7. The molecule has 0 unspecified atom stereocenters. The highest BCUT2D eigenvalue weighted by molar-refractivity contribution is 6.31. The summed E-state index contributed by atoms with van der Waals surface area (Å²) in [4.78, 5) is 40.8. The molecular formula is C35H45ClF3N3O7. The van der Waals surface area contributed by atoms with E-state index in [1.807, 2.05) is 32.0 Å². The van der Waals surface area contributed by atoms with Gasteiger partial charge in [0, 0.05) is 56.3 Å². The molecule has 2 fully saturated rings. The average molecular weight is 712 g/mol. The fourth-order valence-corrected chi connectivity index (χ4v) is 6.34. The normalized spacial score (nSPS) is 18.6. The molecule has 0 bridgehead atoms. The number of hydrogen-bond acceptors (Lipinski definition) is 9. The molecule has 14 heteroatoms. The molecule has 4 rings (SSSR count). The summed E-state index contributed by atoms with van der Waals surface area (Å²) in [6.45, 7) is 5.03. The van der Waals surface area contributed by atoms with Gasteiger partial charge >= 0.3 is 12.1 Å². The molecule has 10 nitrogen and oxygen atoms in total. The molecule has 2 aromatic carbocycles. The minimum atomic E-state index is -5.31. The van der Waals surface area contributed by atoms with Crippen LogP contribution in [0, 0.1) is 0 Å². The first kappa shape index (κ1) is 38.4. The Hall–Kier alpha value is -3.39. The van der Waals surface area contributed by atoms with Gasteiger partial charge in [-0.3, -0.25) is 9.59 Å². The summed E-state index contributed by atoms with van der Waals surface area (Å²) in [5, 5.41) is 7.56. The predicted molar refractivity (Wildman–Crippen MR) is 178 cm³/mol. The number of ether oxygens (including phenoxy) is 4. The predicted octanol–water partition coefficient (Wildman–Crippen LogP) is 5.53. The van der Waals surface area contributed by atoms with Gasteiger partial charge in [0.05, 0.1) is 24.8 Å². The maximum Gasteiger partial charge on any atom is 0.491 e. The maximum absolute atomic E-state index is 14.1. The van der Waals surface area contributed by atoms with Crippen molar-refractivity contribution in [3.8, 4) is 17.2 Å². The number of rotatable bonds is 17. The zero-order valence-corrected chi connectivity index (χ0v) is 29.0. The Morgan fingerprint density at radius 1 is 1.06 bits per heavy atom. The van der Waals surface area contributed by atoms with E-state index in [9.17, 15) is 27.6 Å². The van der Waals surface area contributed by atoms with Crippen LogP contribution in [-0.2, 0) is 20.7 Å². The Morgan fingerprint density at radius 2 is 1.80 bits per heavy atom. The number of alkyl halides is 3. The van der Waals surface area contributed by atoms with Gasteiger partial charge in [-0.2, -0.15) is 13.2 Å². The lowest BCUT2D eigenvalue weighted by Gasteiger charge is -2.40. The van der Waals surface area contributed by atoms with E-state index >= 15 is 0 Å². The molecule has 0 aromatic heterocycles. The second-order valence-corrected chi connectivity index (χ2v) is 13.1. The number of amides is 1. The monoisotopic (exact) mass is 711 g/mol. The zero-order valence-electron chi connectivity index (χ0n) is 28.3. The van der Waals surface area contributed by atoms with Gasteiger partial charge in [0.25, 0.3) is 5.91 Å². The summed E-state index contributed by atoms with van der Waals surface area (Å²) in [6.07, 6.45) is -0.950. The lowest BCUT2D eigenvalue weighted by atomic mass is 9.95. The van der Waals surface area contributed by atoms with Crippen molar-refractivity contribution in [2.24, 2.45) is 0 Å². The van der Waals surface area contributed by atoms with Gasteiger partial charge in [-0.25, -0.2) is 4.79 Å². The van der Waals surface area contributed by atoms with Crippen molar-refractivity contribution in [2.75, 3.05) is 40.5 Å². The van der Waals surface area contributed by atoms with Crippen molar-refractivity contribution in [3.63, 3.8) is 0 Å². The smallest absolute Gasteiger partial charge is 0.491 e. The van der Waals surface area contributed by atoms with Crippen LogP contribution in [0.15, 0.2) is 36.4 Å². The molecule has 0 spiro atoms. The third-order valence-corrected chi connectivity index (χ3v) is 9.28. The van der Waals surface area contributed by atoms with E-state index in [4.69, 9.17) is 30.5 Å². The standard InChI is InChI=1S/C35H45ClF3N3O7/c1-22(2)42(32(44)26-12-13-28(47-4)31(48-19-7-18-46-3)30(26)49-33(45)35(37,38)39)25-11-10-24(40-21-25)14-17-41-34(15-16-34)29(43)20-23-8-5-6-9-27(23)36/h5-6,8-9,12-13,22,24-25,40-41H,7,10-11,14-21H2,1-4H3/t24-,25-/m1/s1. The van der Waals surface area contributed by atoms with E-state index in [1.165, 1.54) is 26.4 Å². The number of carbonyl (C=O) groups is 3. The van der Waals surface area contributed by atoms with Crippen LogP contribution in [0.25, 0.3) is 0 Å². The molecule has 2 N–H and O–H groups in total. The van der Waals surface area contributed by atoms with Crippen LogP contribution in [0.3, 0.4) is 0 Å². The van der Waals surface area contributed by atoms with Crippen LogP contribution in [0.1, 0.15) is 68.3 Å². The first-order chi connectivity index (χ1) is 23.3. The quantitative estimate of drug-likeness (QED) is 0.124. The summed E-state index contributed by atoms with van der Waals surface area (Å²) in [5.41, 5.74) is 0.0452. The first-order valence-corrected chi connectivity index (χ1v) is 16.9. The van der Waals surface area contributed by atoms with E-state index < -0.39 is 29.3 Å². The lowest BCUT2D eigenvalue weighted by molar-refractivity contribution is -0.189. The van der Waals surface area contributed by atoms with E-state index in [-0.39, 0.29) is 54.0 Å². The van der Waals surface area contributed by atoms with Crippen LogP contribution in [0.4, 0.5) is 13.2 Å². The molecule has 2 atom stereocenters. The van der Waals surface area contributed by atoms with Gasteiger partial charge in [0.2, 0.25) is 5.75 Å². The fraction of sp³-hybridized carbons (Fsp3) is 0.571. The van der Waals surface area contributed by atoms with E-state index in [0.29, 0.717) is 37.6 Å². The minimum Gasteiger partial charge on any atom is -0.493 e. The van der Waals surface area contributed by atoms with Crippen LogP contribution in [0.2, 0.25) is 5.02 Å². The minimum absolute atomic E-state index is 0.00404. The largest absolute Gasteiger partial charge is 0.493 e. The number of carbonyl (C=O) groups excluding carboxylic acids is 3. The van der Waals surface area contributed by atoms with E-state index in [1.54, 1.807) is 11.0 Å². The Kier molecular flexibility index (Phi) is 13.3. The van der Waals surface area contributed by atoms with Crippen LogP contribution >= 0.6 is 11.6 Å². The number of hydrogen-bond donors (Lipinski definition) is 2. The molecule has 1 aliphatic carbocycles. The van der Waals surface area contributed by atoms with Crippen molar-refractivity contribution < 1.29 is 46.5 Å². The van der Waals surface area contributed by atoms with Crippen molar-refractivity contribution >= 4 is 29.3 Å². The Bertz CT molecular complexity index is 1460. The molecule has 1 amide bonds. The topological polar surface area (TPSA) is 115 Å². The molecule has 1 saturated carbocycles. The molecule has 1 saturated heterocycles.